The molecule has 0 fully saturated rings. The molecule has 0 saturated carbocycles. The van der Waals surface area contributed by atoms with E-state index in [9.17, 15) is 0 Å². The van der Waals surface area contributed by atoms with Crippen molar-refractivity contribution in [2.45, 2.75) is 26.3 Å². The van der Waals surface area contributed by atoms with E-state index in [-0.39, 0.29) is 0 Å². The van der Waals surface area contributed by atoms with Crippen molar-refractivity contribution in [3.63, 3.8) is 0 Å². The molecule has 0 radical (unpaired) electrons. The van der Waals surface area contributed by atoms with E-state index < -0.39 is 0 Å². The number of nitrogens with one attached hydrogen (secondary N) is 1. The standard InChI is InChI=1S/C12H14BrN3S/c1-2-7-16-11(14-15-12(16)17)8-9-3-5-10(13)6-4-9/h3-6H,2,7-8H2,1H3,(H,15,17). The molecule has 1 aromatic heterocycles. The molecule has 0 aliphatic heterocycles. The largest absolute Gasteiger partial charge is 0.304 e. The average Bonchev–Trinajstić information content (AvgIpc) is 2.65. The zero-order chi connectivity index (χ0) is 12.3. The first kappa shape index (κ1) is 12.5. The Bertz CT molecular complexity index is 542. The third-order valence-electron chi connectivity index (χ3n) is 2.56. The molecule has 0 aliphatic rings. The van der Waals surface area contributed by atoms with Crippen molar-refractivity contribution in [3.05, 3.63) is 44.9 Å². The second-order valence-electron chi connectivity index (χ2n) is 3.90. The summed E-state index contributed by atoms with van der Waals surface area (Å²) in [6.45, 7) is 3.05. The highest BCUT2D eigenvalue weighted by Crippen LogP contribution is 2.13. The molecule has 17 heavy (non-hydrogen) atoms. The molecule has 2 aromatic rings. The molecule has 0 aliphatic carbocycles. The Morgan fingerprint density at radius 2 is 2.06 bits per heavy atom. The fourth-order valence-electron chi connectivity index (χ4n) is 1.72. The number of nitrogens with zero attached hydrogens (tertiary/aromatic N) is 2. The summed E-state index contributed by atoms with van der Waals surface area (Å²) in [7, 11) is 0. The molecule has 1 heterocycles. The van der Waals surface area contributed by atoms with Gasteiger partial charge in [-0.25, -0.2) is 0 Å². The number of halogens is 1. The number of rotatable bonds is 4. The summed E-state index contributed by atoms with van der Waals surface area (Å²) in [5, 5.41) is 7.15. The lowest BCUT2D eigenvalue weighted by Gasteiger charge is -2.05. The third kappa shape index (κ3) is 3.04. The fraction of sp³-hybridized carbons (Fsp3) is 0.333. The summed E-state index contributed by atoms with van der Waals surface area (Å²) in [5.74, 6) is 0.999. The van der Waals surface area contributed by atoms with Crippen molar-refractivity contribution in [2.24, 2.45) is 0 Å². The lowest BCUT2D eigenvalue weighted by Crippen LogP contribution is -2.04. The van der Waals surface area contributed by atoms with Crippen LogP contribution in [0.25, 0.3) is 0 Å². The molecule has 5 heteroatoms. The molecule has 3 nitrogen and oxygen atoms in total. The molecule has 0 bridgehead atoms. The Hall–Kier alpha value is -0.940. The number of aromatic nitrogens is 3. The smallest absolute Gasteiger partial charge is 0.195 e. The summed E-state index contributed by atoms with van der Waals surface area (Å²) in [6.07, 6.45) is 1.86. The van der Waals surface area contributed by atoms with Gasteiger partial charge in [-0.2, -0.15) is 5.10 Å². The lowest BCUT2D eigenvalue weighted by molar-refractivity contribution is 0.639. The van der Waals surface area contributed by atoms with Crippen LogP contribution in [0.2, 0.25) is 0 Å². The average molecular weight is 312 g/mol. The van der Waals surface area contributed by atoms with Crippen LogP contribution in [0, 0.1) is 4.77 Å². The van der Waals surface area contributed by atoms with E-state index in [1.165, 1.54) is 5.56 Å². The first-order valence-corrected chi connectivity index (χ1v) is 6.79. The molecule has 1 aromatic carbocycles. The number of H-pyrrole nitrogens is 1. The molecular weight excluding hydrogens is 298 g/mol. The van der Waals surface area contributed by atoms with E-state index in [2.05, 4.69) is 49.8 Å². The molecule has 90 valence electrons. The van der Waals surface area contributed by atoms with Crippen LogP contribution >= 0.6 is 28.1 Å². The number of hydrogen-bond acceptors (Lipinski definition) is 2. The molecule has 1 N–H and O–H groups in total. The predicted molar refractivity (Wildman–Crippen MR) is 74.7 cm³/mol. The van der Waals surface area contributed by atoms with Gasteiger partial charge in [0.05, 0.1) is 0 Å². The summed E-state index contributed by atoms with van der Waals surface area (Å²) in [6, 6.07) is 8.28. The van der Waals surface area contributed by atoms with Gasteiger partial charge in [0.2, 0.25) is 0 Å². The monoisotopic (exact) mass is 311 g/mol. The summed E-state index contributed by atoms with van der Waals surface area (Å²) in [5.41, 5.74) is 1.24. The van der Waals surface area contributed by atoms with E-state index in [4.69, 9.17) is 12.2 Å². The van der Waals surface area contributed by atoms with Crippen molar-refractivity contribution in [2.75, 3.05) is 0 Å². The third-order valence-corrected chi connectivity index (χ3v) is 3.40. The van der Waals surface area contributed by atoms with E-state index >= 15 is 0 Å². The molecule has 0 unspecified atom stereocenters. The van der Waals surface area contributed by atoms with Crippen LogP contribution in [-0.4, -0.2) is 14.8 Å². The van der Waals surface area contributed by atoms with Gasteiger partial charge >= 0.3 is 0 Å². The van der Waals surface area contributed by atoms with E-state index in [1.807, 2.05) is 12.1 Å². The quantitative estimate of drug-likeness (QED) is 0.873. The van der Waals surface area contributed by atoms with Gasteiger partial charge in [0, 0.05) is 17.4 Å². The molecule has 0 saturated heterocycles. The van der Waals surface area contributed by atoms with Gasteiger partial charge in [-0.05, 0) is 36.3 Å². The second kappa shape index (κ2) is 5.60. The van der Waals surface area contributed by atoms with Crippen LogP contribution in [0.4, 0.5) is 0 Å². The first-order valence-electron chi connectivity index (χ1n) is 5.59. The van der Waals surface area contributed by atoms with E-state index in [1.54, 1.807) is 0 Å². The highest BCUT2D eigenvalue weighted by molar-refractivity contribution is 9.10. The van der Waals surface area contributed by atoms with Crippen molar-refractivity contribution >= 4 is 28.1 Å². The van der Waals surface area contributed by atoms with Crippen LogP contribution < -0.4 is 0 Å². The summed E-state index contributed by atoms with van der Waals surface area (Å²) >= 11 is 8.64. The van der Waals surface area contributed by atoms with Gasteiger partial charge in [-0.15, -0.1) is 0 Å². The van der Waals surface area contributed by atoms with Crippen LogP contribution in [0.1, 0.15) is 24.7 Å². The highest BCUT2D eigenvalue weighted by Gasteiger charge is 2.06. The number of benzene rings is 1. The number of aromatic amines is 1. The molecule has 0 amide bonds. The first-order chi connectivity index (χ1) is 8.20. The predicted octanol–water partition coefficient (Wildman–Crippen LogP) is 3.70. The Morgan fingerprint density at radius 3 is 2.71 bits per heavy atom. The van der Waals surface area contributed by atoms with Gasteiger partial charge in [0.25, 0.3) is 0 Å². The highest BCUT2D eigenvalue weighted by atomic mass is 79.9. The van der Waals surface area contributed by atoms with Crippen LogP contribution in [-0.2, 0) is 13.0 Å². The second-order valence-corrected chi connectivity index (χ2v) is 5.20. The summed E-state index contributed by atoms with van der Waals surface area (Å²) < 4.78 is 3.87. The Labute approximate surface area is 114 Å². The maximum absolute atomic E-state index is 5.21. The molecule has 0 spiro atoms. The Kier molecular flexibility index (Phi) is 4.12. The van der Waals surface area contributed by atoms with Crippen molar-refractivity contribution < 1.29 is 0 Å². The van der Waals surface area contributed by atoms with Gasteiger partial charge in [-0.1, -0.05) is 35.0 Å². The van der Waals surface area contributed by atoms with E-state index in [0.717, 1.165) is 29.7 Å². The summed E-state index contributed by atoms with van der Waals surface area (Å²) in [4.78, 5) is 0. The fourth-order valence-corrected chi connectivity index (χ4v) is 2.23. The van der Waals surface area contributed by atoms with Crippen molar-refractivity contribution in [1.82, 2.24) is 14.8 Å². The lowest BCUT2D eigenvalue weighted by atomic mass is 10.1. The number of hydrogen-bond donors (Lipinski definition) is 1. The molecular formula is C12H14BrN3S. The van der Waals surface area contributed by atoms with Gasteiger partial charge < -0.3 is 4.57 Å². The molecule has 2 rings (SSSR count). The van der Waals surface area contributed by atoms with Crippen molar-refractivity contribution in [3.8, 4) is 0 Å². The normalized spacial score (nSPS) is 10.7. The minimum absolute atomic E-state index is 0.707. The minimum atomic E-state index is 0.707. The minimum Gasteiger partial charge on any atom is -0.304 e. The Morgan fingerprint density at radius 1 is 1.35 bits per heavy atom. The van der Waals surface area contributed by atoms with Gasteiger partial charge in [0.15, 0.2) is 4.77 Å². The SMILES string of the molecule is CCCn1c(Cc2ccc(Br)cc2)n[nH]c1=S. The zero-order valence-electron chi connectivity index (χ0n) is 9.61. The maximum atomic E-state index is 5.21. The van der Waals surface area contributed by atoms with Crippen LogP contribution in [0.15, 0.2) is 28.7 Å². The van der Waals surface area contributed by atoms with Gasteiger partial charge in [-0.3, -0.25) is 5.10 Å². The van der Waals surface area contributed by atoms with E-state index in [0.29, 0.717) is 4.77 Å². The zero-order valence-corrected chi connectivity index (χ0v) is 12.0. The maximum Gasteiger partial charge on any atom is 0.195 e. The topological polar surface area (TPSA) is 33.6 Å². The molecule has 0 atom stereocenters. The van der Waals surface area contributed by atoms with Crippen molar-refractivity contribution in [1.29, 1.82) is 0 Å². The Balaban J connectivity index is 2.23. The van der Waals surface area contributed by atoms with Crippen LogP contribution in [0.5, 0.6) is 0 Å². The van der Waals surface area contributed by atoms with Crippen LogP contribution in [0.3, 0.4) is 0 Å². The van der Waals surface area contributed by atoms with Gasteiger partial charge in [0.1, 0.15) is 5.82 Å².